The van der Waals surface area contributed by atoms with Gasteiger partial charge in [-0.25, -0.2) is 0 Å². The fraction of sp³-hybridized carbons (Fsp3) is 0.0645. The molecule has 0 aromatic heterocycles. The summed E-state index contributed by atoms with van der Waals surface area (Å²) in [6.07, 6.45) is 0. The lowest BCUT2D eigenvalue weighted by Crippen LogP contribution is -2.51. The van der Waals surface area contributed by atoms with Crippen LogP contribution in [0.15, 0.2) is 119 Å². The van der Waals surface area contributed by atoms with E-state index in [-0.39, 0.29) is 17.4 Å². The summed E-state index contributed by atoms with van der Waals surface area (Å²) in [5, 5.41) is 21.5. The first-order chi connectivity index (χ1) is 18.4. The van der Waals surface area contributed by atoms with Crippen LogP contribution in [0, 0.1) is 11.3 Å². The molecule has 5 rings (SSSR count). The van der Waals surface area contributed by atoms with Gasteiger partial charge in [-0.2, -0.15) is 0 Å². The van der Waals surface area contributed by atoms with Gasteiger partial charge in [-0.3, -0.25) is 15.1 Å². The second kappa shape index (κ2) is 11.0. The smallest absolute Gasteiger partial charge is 0.173 e. The zero-order valence-corrected chi connectivity index (χ0v) is 23.2. The Bertz CT molecular complexity index is 1540. The molecule has 1 saturated heterocycles. The van der Waals surface area contributed by atoms with E-state index in [0.29, 0.717) is 32.4 Å². The summed E-state index contributed by atoms with van der Waals surface area (Å²) < 4.78 is 0.851. The summed E-state index contributed by atoms with van der Waals surface area (Å²) >= 11 is 15.6. The number of hydrogen-bond donors (Lipinski definition) is 2. The van der Waals surface area contributed by atoms with Crippen LogP contribution >= 0.6 is 39.7 Å². The topological polar surface area (TPSA) is 64.4 Å². The van der Waals surface area contributed by atoms with E-state index in [1.54, 1.807) is 41.3 Å². The van der Waals surface area contributed by atoms with Crippen molar-refractivity contribution in [2.24, 2.45) is 5.92 Å². The third-order valence-corrected chi connectivity index (χ3v) is 7.78. The number of Topliss-reactive ketones (excluding diaryl/α,β-unsaturated/α-hetero) is 1. The first-order valence-corrected chi connectivity index (χ1v) is 13.5. The van der Waals surface area contributed by atoms with Gasteiger partial charge in [0, 0.05) is 37.8 Å². The summed E-state index contributed by atoms with van der Waals surface area (Å²) in [5.41, 5.74) is 2.71. The standard InChI is InChI=1S/C31H22BrClN2O2S/c32-22-15-11-21(12-16-22)29(37)27-25(19-13-17-23(33)18-14-19)26(28(36)20-7-3-1-4-8-20)30(34)35(31(27)38)24-9-5-2-6-10-24/h1-18,25,27,34,36H/b28-26+,34-30?/t25-,27-/m1/s1. The molecular weight excluding hydrogens is 580 g/mol. The lowest BCUT2D eigenvalue weighted by Gasteiger charge is -2.42. The molecule has 4 aromatic rings. The molecule has 0 unspecified atom stereocenters. The van der Waals surface area contributed by atoms with Crippen molar-refractivity contribution in [3.8, 4) is 0 Å². The molecule has 188 valence electrons. The molecular formula is C31H22BrClN2O2S. The van der Waals surface area contributed by atoms with Crippen molar-refractivity contribution in [3.63, 3.8) is 0 Å². The Morgan fingerprint density at radius 3 is 2.03 bits per heavy atom. The van der Waals surface area contributed by atoms with E-state index in [4.69, 9.17) is 23.8 Å². The largest absolute Gasteiger partial charge is 0.507 e. The van der Waals surface area contributed by atoms with E-state index in [1.807, 2.05) is 72.8 Å². The van der Waals surface area contributed by atoms with Crippen molar-refractivity contribution in [2.45, 2.75) is 5.92 Å². The van der Waals surface area contributed by atoms with Crippen LogP contribution in [-0.4, -0.2) is 21.7 Å². The number of aliphatic hydroxyl groups excluding tert-OH is 1. The van der Waals surface area contributed by atoms with Gasteiger partial charge in [0.05, 0.1) is 5.92 Å². The predicted octanol–water partition coefficient (Wildman–Crippen LogP) is 8.48. The average molecular weight is 602 g/mol. The highest BCUT2D eigenvalue weighted by Gasteiger charge is 2.47. The Hall–Kier alpha value is -3.58. The molecule has 0 aliphatic carbocycles. The van der Waals surface area contributed by atoms with Crippen molar-refractivity contribution in [2.75, 3.05) is 4.90 Å². The summed E-state index contributed by atoms with van der Waals surface area (Å²) in [6.45, 7) is 0. The van der Waals surface area contributed by atoms with E-state index in [1.165, 1.54) is 0 Å². The van der Waals surface area contributed by atoms with Gasteiger partial charge in [-0.1, -0.05) is 113 Å². The minimum atomic E-state index is -0.873. The highest BCUT2D eigenvalue weighted by Crippen LogP contribution is 2.45. The molecule has 0 saturated carbocycles. The molecule has 0 bridgehead atoms. The number of para-hydroxylation sites is 1. The van der Waals surface area contributed by atoms with E-state index < -0.39 is 11.8 Å². The molecule has 0 spiro atoms. The highest BCUT2D eigenvalue weighted by molar-refractivity contribution is 9.10. The number of nitrogens with zero attached hydrogens (tertiary/aromatic N) is 1. The van der Waals surface area contributed by atoms with Crippen molar-refractivity contribution >= 4 is 67.8 Å². The van der Waals surface area contributed by atoms with Gasteiger partial charge >= 0.3 is 0 Å². The van der Waals surface area contributed by atoms with Crippen LogP contribution < -0.4 is 4.90 Å². The SMILES string of the molecule is N=C1/C(=C(/O)c2ccccc2)[C@@H](c2ccc(Cl)cc2)[C@H](C(=O)c2ccc(Br)cc2)C(=S)N1c1ccccc1. The lowest BCUT2D eigenvalue weighted by molar-refractivity contribution is 0.0946. The van der Waals surface area contributed by atoms with Gasteiger partial charge in [-0.05, 0) is 42.0 Å². The molecule has 7 heteroatoms. The molecule has 38 heavy (non-hydrogen) atoms. The Labute approximate surface area is 239 Å². The van der Waals surface area contributed by atoms with Gasteiger partial charge in [0.15, 0.2) is 5.78 Å². The Balaban J connectivity index is 1.79. The van der Waals surface area contributed by atoms with Crippen LogP contribution in [0.2, 0.25) is 5.02 Å². The third-order valence-electron chi connectivity index (χ3n) is 6.57. The molecule has 2 N–H and O–H groups in total. The van der Waals surface area contributed by atoms with Gasteiger partial charge < -0.3 is 5.11 Å². The first kappa shape index (κ1) is 26.0. The van der Waals surface area contributed by atoms with Crippen LogP contribution in [0.1, 0.15) is 27.4 Å². The predicted molar refractivity (Wildman–Crippen MR) is 161 cm³/mol. The van der Waals surface area contributed by atoms with Gasteiger partial charge in [0.2, 0.25) is 0 Å². The number of halogens is 2. The summed E-state index contributed by atoms with van der Waals surface area (Å²) in [7, 11) is 0. The second-order valence-corrected chi connectivity index (χ2v) is 10.6. The van der Waals surface area contributed by atoms with E-state index in [0.717, 1.165) is 10.0 Å². The molecule has 4 aromatic carbocycles. The maximum absolute atomic E-state index is 14.2. The van der Waals surface area contributed by atoms with E-state index in [2.05, 4.69) is 15.9 Å². The number of aliphatic hydroxyl groups is 1. The number of carbonyl (C=O) groups is 1. The quantitative estimate of drug-likeness (QED) is 0.137. The molecule has 1 fully saturated rings. The Morgan fingerprint density at radius 1 is 0.842 bits per heavy atom. The number of thiocarbonyl (C=S) groups is 1. The fourth-order valence-electron chi connectivity index (χ4n) is 4.76. The van der Waals surface area contributed by atoms with Crippen LogP contribution in [0.3, 0.4) is 0 Å². The molecule has 1 aliphatic heterocycles. The van der Waals surface area contributed by atoms with Gasteiger partial charge in [0.1, 0.15) is 16.6 Å². The van der Waals surface area contributed by atoms with Crippen LogP contribution in [0.5, 0.6) is 0 Å². The number of ketones is 1. The zero-order chi connectivity index (χ0) is 26.8. The van der Waals surface area contributed by atoms with Crippen LogP contribution in [-0.2, 0) is 0 Å². The van der Waals surface area contributed by atoms with E-state index in [9.17, 15) is 15.3 Å². The zero-order valence-electron chi connectivity index (χ0n) is 20.0. The van der Waals surface area contributed by atoms with Crippen LogP contribution in [0.4, 0.5) is 5.69 Å². The third kappa shape index (κ3) is 4.95. The molecule has 4 nitrogen and oxygen atoms in total. The van der Waals surface area contributed by atoms with Crippen molar-refractivity contribution in [1.29, 1.82) is 5.41 Å². The molecule has 0 amide bonds. The first-order valence-electron chi connectivity index (χ1n) is 11.9. The number of piperidine rings is 1. The number of hydrogen-bond acceptors (Lipinski definition) is 4. The normalized spacial score (nSPS) is 18.8. The second-order valence-electron chi connectivity index (χ2n) is 8.86. The lowest BCUT2D eigenvalue weighted by atomic mass is 9.72. The van der Waals surface area contributed by atoms with Crippen LogP contribution in [0.25, 0.3) is 5.76 Å². The van der Waals surface area contributed by atoms with Crippen molar-refractivity contribution < 1.29 is 9.90 Å². The number of amidine groups is 1. The summed E-state index contributed by atoms with van der Waals surface area (Å²) in [5.74, 6) is -1.85. The minimum absolute atomic E-state index is 0.0161. The number of benzene rings is 4. The number of nitrogens with one attached hydrogen (secondary N) is 1. The monoisotopic (exact) mass is 600 g/mol. The maximum atomic E-state index is 14.2. The van der Waals surface area contributed by atoms with E-state index >= 15 is 0 Å². The van der Waals surface area contributed by atoms with Crippen molar-refractivity contribution in [1.82, 2.24) is 0 Å². The molecule has 1 heterocycles. The summed E-state index contributed by atoms with van der Waals surface area (Å²) in [6, 6.07) is 32.5. The summed E-state index contributed by atoms with van der Waals surface area (Å²) in [4.78, 5) is 16.1. The maximum Gasteiger partial charge on any atom is 0.173 e. The Kier molecular flexibility index (Phi) is 7.56. The van der Waals surface area contributed by atoms with Gasteiger partial charge in [-0.15, -0.1) is 0 Å². The van der Waals surface area contributed by atoms with Gasteiger partial charge in [0.25, 0.3) is 0 Å². The Morgan fingerprint density at radius 2 is 1.42 bits per heavy atom. The highest BCUT2D eigenvalue weighted by atomic mass is 79.9. The number of anilines is 1. The molecule has 2 atom stereocenters. The number of carbonyl (C=O) groups excluding carboxylic acids is 1. The average Bonchev–Trinajstić information content (AvgIpc) is 2.94. The number of rotatable bonds is 5. The minimum Gasteiger partial charge on any atom is -0.507 e. The molecule has 1 aliphatic rings. The van der Waals surface area contributed by atoms with Crippen molar-refractivity contribution in [3.05, 3.63) is 141 Å². The molecule has 0 radical (unpaired) electrons. The fourth-order valence-corrected chi connectivity index (χ4v) is 5.59.